The molecule has 0 bridgehead atoms. The Bertz CT molecular complexity index is 1140. The molecule has 5 nitrogen and oxygen atoms in total. The van der Waals surface area contributed by atoms with Crippen molar-refractivity contribution in [2.75, 3.05) is 0 Å². The van der Waals surface area contributed by atoms with Crippen LogP contribution in [0.2, 0.25) is 0 Å². The van der Waals surface area contributed by atoms with Crippen molar-refractivity contribution >= 4 is 32.3 Å². The molecule has 7 heteroatoms. The number of hydrogen-bond acceptors (Lipinski definition) is 5. The van der Waals surface area contributed by atoms with Gasteiger partial charge >= 0.3 is 0 Å². The molecule has 0 aliphatic carbocycles. The molecule has 0 saturated carbocycles. The number of sulfonamides is 1. The molecule has 0 saturated heterocycles. The molecule has 0 spiro atoms. The Kier molecular flexibility index (Phi) is 4.98. The zero-order valence-electron chi connectivity index (χ0n) is 14.4. The van der Waals surface area contributed by atoms with Crippen LogP contribution in [0.15, 0.2) is 82.6 Å². The fourth-order valence-corrected chi connectivity index (χ4v) is 5.13. The monoisotopic (exact) mass is 395 g/mol. The fourth-order valence-electron chi connectivity index (χ4n) is 2.91. The van der Waals surface area contributed by atoms with E-state index in [0.717, 1.165) is 10.9 Å². The number of aromatic nitrogens is 2. The maximum Gasteiger partial charge on any atom is 0.245 e. The molecule has 3 aromatic heterocycles. The maximum atomic E-state index is 13.5. The Morgan fingerprint density at radius 2 is 1.74 bits per heavy atom. The summed E-state index contributed by atoms with van der Waals surface area (Å²) in [6.07, 6.45) is 3.29. The Hall–Kier alpha value is -2.61. The summed E-state index contributed by atoms with van der Waals surface area (Å²) in [5.74, 6) is 0. The minimum absolute atomic E-state index is 0.197. The summed E-state index contributed by atoms with van der Waals surface area (Å²) in [6.45, 7) is 0.480. The van der Waals surface area contributed by atoms with Crippen molar-refractivity contribution in [2.45, 2.75) is 18.0 Å². The second-order valence-corrected chi connectivity index (χ2v) is 8.74. The molecule has 0 unspecified atom stereocenters. The summed E-state index contributed by atoms with van der Waals surface area (Å²) in [5.41, 5.74) is 2.13. The van der Waals surface area contributed by atoms with Crippen LogP contribution in [0.25, 0.3) is 10.9 Å². The lowest BCUT2D eigenvalue weighted by atomic mass is 10.2. The van der Waals surface area contributed by atoms with Crippen LogP contribution in [0.1, 0.15) is 11.3 Å². The topological polar surface area (TPSA) is 63.2 Å². The zero-order chi connectivity index (χ0) is 18.7. The molecule has 4 rings (SSSR count). The molecule has 0 N–H and O–H groups in total. The van der Waals surface area contributed by atoms with E-state index in [1.54, 1.807) is 41.9 Å². The van der Waals surface area contributed by atoms with E-state index in [0.29, 0.717) is 11.2 Å². The molecule has 0 radical (unpaired) electrons. The lowest BCUT2D eigenvalue weighted by Crippen LogP contribution is -2.30. The quantitative estimate of drug-likeness (QED) is 0.493. The lowest BCUT2D eigenvalue weighted by Gasteiger charge is -2.22. The zero-order valence-corrected chi connectivity index (χ0v) is 16.0. The van der Waals surface area contributed by atoms with Crippen LogP contribution in [0.4, 0.5) is 0 Å². The van der Waals surface area contributed by atoms with Gasteiger partial charge in [0.15, 0.2) is 0 Å². The number of pyridine rings is 2. The standard InChI is InChI=1S/C20H17N3O2S2/c24-27(25,19-8-3-5-17-6-4-11-22-20(17)19)23(13-16-9-12-26-15-16)14-18-7-1-2-10-21-18/h1-12,15H,13-14H2. The van der Waals surface area contributed by atoms with Gasteiger partial charge in [0, 0.05) is 24.3 Å². The van der Waals surface area contributed by atoms with Crippen LogP contribution in [0.3, 0.4) is 0 Å². The van der Waals surface area contributed by atoms with Crippen LogP contribution in [-0.2, 0) is 23.1 Å². The summed E-state index contributed by atoms with van der Waals surface area (Å²) in [7, 11) is -3.77. The van der Waals surface area contributed by atoms with E-state index in [1.165, 1.54) is 4.31 Å². The second-order valence-electron chi connectivity index (χ2n) is 6.06. The van der Waals surface area contributed by atoms with Crippen molar-refractivity contribution in [3.63, 3.8) is 0 Å². The number of rotatable bonds is 6. The number of thiophene rings is 1. The van der Waals surface area contributed by atoms with E-state index in [4.69, 9.17) is 0 Å². The number of nitrogens with zero attached hydrogens (tertiary/aromatic N) is 3. The van der Waals surface area contributed by atoms with Crippen molar-refractivity contribution in [1.29, 1.82) is 0 Å². The maximum absolute atomic E-state index is 13.5. The molecule has 0 aliphatic heterocycles. The molecular formula is C20H17N3O2S2. The average molecular weight is 396 g/mol. The SMILES string of the molecule is O=S(=O)(c1cccc2cccnc12)N(Cc1ccsc1)Cc1ccccn1. The Morgan fingerprint density at radius 3 is 2.52 bits per heavy atom. The van der Waals surface area contributed by atoms with E-state index in [2.05, 4.69) is 9.97 Å². The van der Waals surface area contributed by atoms with Crippen molar-refractivity contribution in [1.82, 2.24) is 14.3 Å². The van der Waals surface area contributed by atoms with E-state index in [-0.39, 0.29) is 18.0 Å². The first kappa shape index (κ1) is 17.8. The number of para-hydroxylation sites is 1. The van der Waals surface area contributed by atoms with Gasteiger partial charge in [-0.2, -0.15) is 15.6 Å². The number of hydrogen-bond donors (Lipinski definition) is 0. The highest BCUT2D eigenvalue weighted by Crippen LogP contribution is 2.26. The van der Waals surface area contributed by atoms with Crippen LogP contribution in [-0.4, -0.2) is 22.7 Å². The summed E-state index contributed by atoms with van der Waals surface area (Å²) < 4.78 is 28.5. The van der Waals surface area contributed by atoms with Crippen LogP contribution >= 0.6 is 11.3 Å². The first-order valence-electron chi connectivity index (χ1n) is 8.39. The Labute approximate surface area is 162 Å². The third-order valence-electron chi connectivity index (χ3n) is 4.22. The molecule has 4 aromatic rings. The fraction of sp³-hybridized carbons (Fsp3) is 0.100. The second kappa shape index (κ2) is 7.56. The van der Waals surface area contributed by atoms with Crippen molar-refractivity contribution < 1.29 is 8.42 Å². The highest BCUT2D eigenvalue weighted by Gasteiger charge is 2.27. The molecule has 0 aliphatic rings. The Morgan fingerprint density at radius 1 is 0.889 bits per heavy atom. The minimum Gasteiger partial charge on any atom is -0.260 e. The van der Waals surface area contributed by atoms with Crippen molar-refractivity contribution in [2.24, 2.45) is 0 Å². The number of fused-ring (bicyclic) bond motifs is 1. The van der Waals surface area contributed by atoms with Crippen LogP contribution in [0, 0.1) is 0 Å². The van der Waals surface area contributed by atoms with Gasteiger partial charge in [0.05, 0.1) is 17.8 Å². The molecular weight excluding hydrogens is 378 g/mol. The van der Waals surface area contributed by atoms with Gasteiger partial charge in [0.1, 0.15) is 4.90 Å². The van der Waals surface area contributed by atoms with Crippen molar-refractivity contribution in [3.8, 4) is 0 Å². The van der Waals surface area contributed by atoms with E-state index in [9.17, 15) is 8.42 Å². The predicted molar refractivity (Wildman–Crippen MR) is 107 cm³/mol. The lowest BCUT2D eigenvalue weighted by molar-refractivity contribution is 0.398. The summed E-state index contributed by atoms with van der Waals surface area (Å²) in [4.78, 5) is 8.83. The molecule has 0 amide bonds. The Balaban J connectivity index is 1.79. The molecule has 136 valence electrons. The largest absolute Gasteiger partial charge is 0.260 e. The summed E-state index contributed by atoms with van der Waals surface area (Å²) in [5, 5.41) is 4.70. The highest BCUT2D eigenvalue weighted by atomic mass is 32.2. The molecule has 0 atom stereocenters. The van der Waals surface area contributed by atoms with Gasteiger partial charge in [0.2, 0.25) is 10.0 Å². The van der Waals surface area contributed by atoms with Gasteiger partial charge < -0.3 is 0 Å². The molecule has 27 heavy (non-hydrogen) atoms. The third-order valence-corrected chi connectivity index (χ3v) is 6.77. The van der Waals surface area contributed by atoms with Gasteiger partial charge in [-0.05, 0) is 46.7 Å². The van der Waals surface area contributed by atoms with Crippen LogP contribution < -0.4 is 0 Å². The molecule has 3 heterocycles. The molecule has 0 fully saturated rings. The van der Waals surface area contributed by atoms with E-state index < -0.39 is 10.0 Å². The smallest absolute Gasteiger partial charge is 0.245 e. The average Bonchev–Trinajstić information content (AvgIpc) is 3.21. The first-order chi connectivity index (χ1) is 13.1. The number of benzene rings is 1. The van der Waals surface area contributed by atoms with Gasteiger partial charge in [-0.25, -0.2) is 8.42 Å². The van der Waals surface area contributed by atoms with Gasteiger partial charge in [-0.15, -0.1) is 0 Å². The minimum atomic E-state index is -3.77. The van der Waals surface area contributed by atoms with Gasteiger partial charge in [-0.3, -0.25) is 9.97 Å². The van der Waals surface area contributed by atoms with E-state index >= 15 is 0 Å². The summed E-state index contributed by atoms with van der Waals surface area (Å²) >= 11 is 1.55. The molecule has 1 aromatic carbocycles. The summed E-state index contributed by atoms with van der Waals surface area (Å²) in [6, 6.07) is 16.3. The van der Waals surface area contributed by atoms with Crippen molar-refractivity contribution in [3.05, 3.63) is 89.0 Å². The van der Waals surface area contributed by atoms with Gasteiger partial charge in [-0.1, -0.05) is 24.3 Å². The highest BCUT2D eigenvalue weighted by molar-refractivity contribution is 7.89. The first-order valence-corrected chi connectivity index (χ1v) is 10.8. The predicted octanol–water partition coefficient (Wildman–Crippen LogP) is 4.08. The van der Waals surface area contributed by atoms with Crippen LogP contribution in [0.5, 0.6) is 0 Å². The normalized spacial score (nSPS) is 11.9. The van der Waals surface area contributed by atoms with E-state index in [1.807, 2.05) is 47.2 Å². The van der Waals surface area contributed by atoms with Gasteiger partial charge in [0.25, 0.3) is 0 Å². The third kappa shape index (κ3) is 3.75.